The number of likely N-dealkylation sites (tertiary alicyclic amines) is 1. The summed E-state index contributed by atoms with van der Waals surface area (Å²) in [4.78, 5) is 19.9. The summed E-state index contributed by atoms with van der Waals surface area (Å²) in [5.74, 6) is 0.375. The van der Waals surface area contributed by atoms with Crippen LogP contribution in [0.15, 0.2) is 6.33 Å². The molecule has 0 bridgehead atoms. The van der Waals surface area contributed by atoms with Crippen LogP contribution in [-0.4, -0.2) is 53.5 Å². The number of nitrogens with zero attached hydrogens (tertiary/aromatic N) is 3. The molecule has 0 aromatic carbocycles. The molecule has 1 aromatic heterocycles. The van der Waals surface area contributed by atoms with E-state index >= 15 is 0 Å². The quantitative estimate of drug-likeness (QED) is 0.665. The summed E-state index contributed by atoms with van der Waals surface area (Å²) in [6, 6.07) is 0. The Morgan fingerprint density at radius 1 is 1.48 bits per heavy atom. The molecule has 0 saturated carbocycles. The molecule has 116 valence electrons. The second kappa shape index (κ2) is 6.57. The maximum absolute atomic E-state index is 12.3. The molecule has 0 amide bonds. The Labute approximate surface area is 124 Å². The van der Waals surface area contributed by atoms with Crippen molar-refractivity contribution in [1.29, 1.82) is 0 Å². The molecule has 21 heavy (non-hydrogen) atoms. The van der Waals surface area contributed by atoms with E-state index in [2.05, 4.69) is 15.3 Å². The Morgan fingerprint density at radius 2 is 2.24 bits per heavy atom. The summed E-state index contributed by atoms with van der Waals surface area (Å²) in [6.45, 7) is 0.323. The minimum Gasteiger partial charge on any atom is -0.369 e. The molecule has 1 aromatic rings. The van der Waals surface area contributed by atoms with Crippen molar-refractivity contribution in [3.05, 3.63) is 17.0 Å². The molecule has 1 N–H and O–H groups in total. The summed E-state index contributed by atoms with van der Waals surface area (Å²) >= 11 is 5.77. The molecule has 5 nitrogen and oxygen atoms in total. The average Bonchev–Trinajstić information content (AvgIpc) is 2.81. The Bertz CT molecular complexity index is 512. The fourth-order valence-electron chi connectivity index (χ4n) is 2.34. The lowest BCUT2D eigenvalue weighted by Gasteiger charge is -2.18. The van der Waals surface area contributed by atoms with Gasteiger partial charge in [-0.05, 0) is 18.9 Å². The normalized spacial score (nSPS) is 19.7. The van der Waals surface area contributed by atoms with E-state index < -0.39 is 12.7 Å². The standard InChI is InChI=1S/C12H14ClF3N4O/c13-10-9(5-21)11(19-7-18-10)17-3-8-1-2-20(4-8)6-12(14,15)16/h5,7-8H,1-4,6H2,(H,17,18,19). The van der Waals surface area contributed by atoms with Gasteiger partial charge in [-0.15, -0.1) is 0 Å². The van der Waals surface area contributed by atoms with E-state index in [0.29, 0.717) is 38.2 Å². The predicted octanol–water partition coefficient (Wildman–Crippen LogP) is 2.24. The lowest BCUT2D eigenvalue weighted by atomic mass is 10.1. The van der Waals surface area contributed by atoms with Gasteiger partial charge in [0, 0.05) is 13.1 Å². The molecule has 1 aliphatic rings. The highest BCUT2D eigenvalue weighted by Crippen LogP contribution is 2.24. The zero-order chi connectivity index (χ0) is 15.5. The number of rotatable bonds is 5. The number of hydrogen-bond donors (Lipinski definition) is 1. The van der Waals surface area contributed by atoms with Crippen molar-refractivity contribution >= 4 is 23.7 Å². The van der Waals surface area contributed by atoms with Crippen LogP contribution in [0.2, 0.25) is 5.15 Å². The molecule has 1 unspecified atom stereocenters. The first kappa shape index (κ1) is 16.0. The highest BCUT2D eigenvalue weighted by Gasteiger charge is 2.34. The number of carbonyl (C=O) groups excluding carboxylic acids is 1. The molecule has 0 aliphatic carbocycles. The maximum atomic E-state index is 12.3. The van der Waals surface area contributed by atoms with Crippen molar-refractivity contribution < 1.29 is 18.0 Å². The van der Waals surface area contributed by atoms with E-state index in [9.17, 15) is 18.0 Å². The molecule has 2 rings (SSSR count). The van der Waals surface area contributed by atoms with Crippen molar-refractivity contribution in [2.45, 2.75) is 12.6 Å². The zero-order valence-corrected chi connectivity index (χ0v) is 11.8. The van der Waals surface area contributed by atoms with Crippen LogP contribution in [0.5, 0.6) is 0 Å². The minimum absolute atomic E-state index is 0.0487. The molecular weight excluding hydrogens is 309 g/mol. The molecule has 1 aliphatic heterocycles. The van der Waals surface area contributed by atoms with Gasteiger partial charge in [0.15, 0.2) is 6.29 Å². The second-order valence-corrected chi connectivity index (χ2v) is 5.29. The largest absolute Gasteiger partial charge is 0.401 e. The number of halogens is 4. The summed E-state index contributed by atoms with van der Waals surface area (Å²) in [5.41, 5.74) is 0.157. The minimum atomic E-state index is -4.17. The number of aldehydes is 1. The van der Waals surface area contributed by atoms with Crippen molar-refractivity contribution in [2.24, 2.45) is 5.92 Å². The zero-order valence-electron chi connectivity index (χ0n) is 11.0. The van der Waals surface area contributed by atoms with E-state index in [0.717, 1.165) is 0 Å². The van der Waals surface area contributed by atoms with Crippen LogP contribution in [0.25, 0.3) is 0 Å². The number of anilines is 1. The van der Waals surface area contributed by atoms with Gasteiger partial charge in [-0.1, -0.05) is 11.6 Å². The van der Waals surface area contributed by atoms with Gasteiger partial charge in [0.2, 0.25) is 0 Å². The van der Waals surface area contributed by atoms with Crippen molar-refractivity contribution in [3.8, 4) is 0 Å². The summed E-state index contributed by atoms with van der Waals surface area (Å²) in [5, 5.41) is 3.00. The van der Waals surface area contributed by atoms with Crippen LogP contribution in [0, 0.1) is 5.92 Å². The van der Waals surface area contributed by atoms with E-state index in [-0.39, 0.29) is 16.6 Å². The second-order valence-electron chi connectivity index (χ2n) is 4.93. The van der Waals surface area contributed by atoms with Gasteiger partial charge < -0.3 is 5.32 Å². The van der Waals surface area contributed by atoms with Crippen molar-refractivity contribution in [1.82, 2.24) is 14.9 Å². The van der Waals surface area contributed by atoms with E-state index in [1.54, 1.807) is 0 Å². The van der Waals surface area contributed by atoms with Gasteiger partial charge >= 0.3 is 6.18 Å². The van der Waals surface area contributed by atoms with Gasteiger partial charge in [-0.25, -0.2) is 9.97 Å². The third-order valence-corrected chi connectivity index (χ3v) is 3.59. The molecule has 1 atom stereocenters. The number of hydrogen-bond acceptors (Lipinski definition) is 5. The van der Waals surface area contributed by atoms with Gasteiger partial charge in [-0.2, -0.15) is 13.2 Å². The highest BCUT2D eigenvalue weighted by atomic mass is 35.5. The van der Waals surface area contributed by atoms with Gasteiger partial charge in [0.1, 0.15) is 17.3 Å². The Kier molecular flexibility index (Phi) is 5.00. The van der Waals surface area contributed by atoms with Gasteiger partial charge in [0.05, 0.1) is 12.1 Å². The number of carbonyl (C=O) groups is 1. The van der Waals surface area contributed by atoms with Crippen molar-refractivity contribution in [2.75, 3.05) is 31.5 Å². The Balaban J connectivity index is 1.88. The average molecular weight is 323 g/mol. The fraction of sp³-hybridized carbons (Fsp3) is 0.583. The Hall–Kier alpha value is -1.41. The first-order valence-electron chi connectivity index (χ1n) is 6.37. The predicted molar refractivity (Wildman–Crippen MR) is 71.5 cm³/mol. The first-order valence-corrected chi connectivity index (χ1v) is 6.75. The van der Waals surface area contributed by atoms with E-state index in [4.69, 9.17) is 11.6 Å². The highest BCUT2D eigenvalue weighted by molar-refractivity contribution is 6.32. The molecule has 1 fully saturated rings. The van der Waals surface area contributed by atoms with Crippen LogP contribution < -0.4 is 5.32 Å². The summed E-state index contributed by atoms with van der Waals surface area (Å²) in [6.07, 6.45) is -1.73. The van der Waals surface area contributed by atoms with Gasteiger partial charge in [0.25, 0.3) is 0 Å². The molecule has 1 saturated heterocycles. The first-order chi connectivity index (χ1) is 9.89. The topological polar surface area (TPSA) is 58.1 Å². The molecular formula is C12H14ClF3N4O. The van der Waals surface area contributed by atoms with E-state index in [1.165, 1.54) is 11.2 Å². The SMILES string of the molecule is O=Cc1c(Cl)ncnc1NCC1CCN(CC(F)(F)F)C1. The van der Waals surface area contributed by atoms with Crippen LogP contribution in [0.1, 0.15) is 16.8 Å². The van der Waals surface area contributed by atoms with E-state index in [1.807, 2.05) is 0 Å². The fourth-order valence-corrected chi connectivity index (χ4v) is 2.51. The van der Waals surface area contributed by atoms with Crippen LogP contribution in [-0.2, 0) is 0 Å². The van der Waals surface area contributed by atoms with Crippen molar-refractivity contribution in [3.63, 3.8) is 0 Å². The summed E-state index contributed by atoms with van der Waals surface area (Å²) in [7, 11) is 0. The maximum Gasteiger partial charge on any atom is 0.401 e. The smallest absolute Gasteiger partial charge is 0.369 e. The van der Waals surface area contributed by atoms with Crippen LogP contribution in [0.3, 0.4) is 0 Å². The molecule has 9 heteroatoms. The molecule has 0 spiro atoms. The number of nitrogens with one attached hydrogen (secondary N) is 1. The third-order valence-electron chi connectivity index (χ3n) is 3.28. The number of alkyl halides is 3. The lowest BCUT2D eigenvalue weighted by Crippen LogP contribution is -2.33. The third kappa shape index (κ3) is 4.53. The van der Waals surface area contributed by atoms with Crippen LogP contribution in [0.4, 0.5) is 19.0 Å². The molecule has 0 radical (unpaired) electrons. The molecule has 2 heterocycles. The van der Waals surface area contributed by atoms with Crippen LogP contribution >= 0.6 is 11.6 Å². The number of aromatic nitrogens is 2. The monoisotopic (exact) mass is 322 g/mol. The lowest BCUT2D eigenvalue weighted by molar-refractivity contribution is -0.143. The summed E-state index contributed by atoms with van der Waals surface area (Å²) < 4.78 is 36.9. The Morgan fingerprint density at radius 3 is 2.90 bits per heavy atom. The van der Waals surface area contributed by atoms with Gasteiger partial charge in [-0.3, -0.25) is 9.69 Å².